The molecule has 0 saturated carbocycles. The third kappa shape index (κ3) is 2.82. The Labute approximate surface area is 136 Å². The van der Waals surface area contributed by atoms with Crippen molar-refractivity contribution in [2.45, 2.75) is 31.4 Å². The normalized spacial score (nSPS) is 26.4. The SMILES string of the molecule is C=CCOC1=C(OCC=C)C(O)(CCO)[N+]2(CCCCC2)C1=O. The third-order valence-electron chi connectivity index (χ3n) is 4.59. The van der Waals surface area contributed by atoms with Gasteiger partial charge in [-0.3, -0.25) is 0 Å². The monoisotopic (exact) mass is 324 g/mol. The molecule has 1 saturated heterocycles. The van der Waals surface area contributed by atoms with Gasteiger partial charge in [0, 0.05) is 0 Å². The summed E-state index contributed by atoms with van der Waals surface area (Å²) in [5.41, 5.74) is -1.59. The summed E-state index contributed by atoms with van der Waals surface area (Å²) in [5.74, 6) is -0.119. The van der Waals surface area contributed by atoms with Crippen LogP contribution in [0.1, 0.15) is 25.7 Å². The van der Waals surface area contributed by atoms with Crippen LogP contribution in [-0.4, -0.2) is 59.2 Å². The molecular weight excluding hydrogens is 298 g/mol. The van der Waals surface area contributed by atoms with Crippen LogP contribution in [0.3, 0.4) is 0 Å². The fourth-order valence-electron chi connectivity index (χ4n) is 3.54. The molecule has 1 amide bonds. The van der Waals surface area contributed by atoms with Crippen LogP contribution in [0.15, 0.2) is 36.8 Å². The smallest absolute Gasteiger partial charge is 0.387 e. The van der Waals surface area contributed by atoms with Crippen molar-refractivity contribution >= 4 is 5.91 Å². The van der Waals surface area contributed by atoms with E-state index in [1.807, 2.05) is 0 Å². The van der Waals surface area contributed by atoms with Crippen LogP contribution in [0.4, 0.5) is 0 Å². The van der Waals surface area contributed by atoms with Crippen molar-refractivity contribution in [3.05, 3.63) is 36.8 Å². The van der Waals surface area contributed by atoms with Gasteiger partial charge in [0.15, 0.2) is 0 Å². The van der Waals surface area contributed by atoms with Crippen molar-refractivity contribution in [3.63, 3.8) is 0 Å². The molecule has 23 heavy (non-hydrogen) atoms. The highest BCUT2D eigenvalue weighted by Crippen LogP contribution is 2.46. The number of hydrogen-bond acceptors (Lipinski definition) is 5. The maximum atomic E-state index is 13.1. The molecule has 0 aromatic rings. The zero-order chi connectivity index (χ0) is 16.9. The Morgan fingerprint density at radius 2 is 1.74 bits per heavy atom. The fraction of sp³-hybridized carbons (Fsp3) is 0.588. The summed E-state index contributed by atoms with van der Waals surface area (Å²) in [7, 11) is 0. The molecule has 2 heterocycles. The molecule has 6 nitrogen and oxygen atoms in total. The van der Waals surface area contributed by atoms with Gasteiger partial charge in [-0.15, -0.1) is 0 Å². The molecule has 128 valence electrons. The second-order valence-corrected chi connectivity index (χ2v) is 5.93. The summed E-state index contributed by atoms with van der Waals surface area (Å²) in [6, 6.07) is 0. The molecule has 0 aromatic carbocycles. The molecule has 6 heteroatoms. The van der Waals surface area contributed by atoms with E-state index in [0.717, 1.165) is 19.3 Å². The van der Waals surface area contributed by atoms with E-state index in [1.165, 1.54) is 6.08 Å². The van der Waals surface area contributed by atoms with E-state index in [-0.39, 0.29) is 48.2 Å². The van der Waals surface area contributed by atoms with Crippen LogP contribution in [0.25, 0.3) is 0 Å². The molecule has 2 aliphatic rings. The van der Waals surface area contributed by atoms with E-state index in [0.29, 0.717) is 13.1 Å². The zero-order valence-corrected chi connectivity index (χ0v) is 13.5. The quantitative estimate of drug-likeness (QED) is 0.518. The molecule has 1 atom stereocenters. The lowest BCUT2D eigenvalue weighted by Gasteiger charge is -2.45. The van der Waals surface area contributed by atoms with E-state index < -0.39 is 5.72 Å². The largest absolute Gasteiger partial charge is 0.482 e. The minimum Gasteiger partial charge on any atom is -0.482 e. The van der Waals surface area contributed by atoms with Crippen molar-refractivity contribution < 1.29 is 29.0 Å². The van der Waals surface area contributed by atoms with Crippen LogP contribution in [0, 0.1) is 0 Å². The average molecular weight is 324 g/mol. The summed E-state index contributed by atoms with van der Waals surface area (Å²) in [6.45, 7) is 8.26. The third-order valence-corrected chi connectivity index (χ3v) is 4.59. The molecule has 0 aliphatic carbocycles. The number of amides is 1. The van der Waals surface area contributed by atoms with Gasteiger partial charge in [0.2, 0.25) is 5.76 Å². The molecule has 1 unspecified atom stereocenters. The maximum Gasteiger partial charge on any atom is 0.387 e. The van der Waals surface area contributed by atoms with Crippen molar-refractivity contribution in [2.24, 2.45) is 0 Å². The fourth-order valence-corrected chi connectivity index (χ4v) is 3.54. The first kappa shape index (κ1) is 17.7. The first-order valence-corrected chi connectivity index (χ1v) is 8.05. The lowest BCUT2D eigenvalue weighted by atomic mass is 9.99. The molecule has 2 N–H and O–H groups in total. The highest BCUT2D eigenvalue weighted by atomic mass is 16.5. The lowest BCUT2D eigenvalue weighted by Crippen LogP contribution is -2.67. The number of nitrogens with zero attached hydrogens (tertiary/aromatic N) is 1. The van der Waals surface area contributed by atoms with Gasteiger partial charge in [-0.1, -0.05) is 25.3 Å². The summed E-state index contributed by atoms with van der Waals surface area (Å²) in [4.78, 5) is 13.1. The van der Waals surface area contributed by atoms with Crippen LogP contribution in [-0.2, 0) is 14.3 Å². The Kier molecular flexibility index (Phi) is 5.62. The minimum absolute atomic E-state index is 0.0200. The lowest BCUT2D eigenvalue weighted by molar-refractivity contribution is -0.927. The Morgan fingerprint density at radius 1 is 1.13 bits per heavy atom. The summed E-state index contributed by atoms with van der Waals surface area (Å²) in [5, 5.41) is 20.8. The van der Waals surface area contributed by atoms with Gasteiger partial charge >= 0.3 is 5.91 Å². The van der Waals surface area contributed by atoms with E-state index in [2.05, 4.69) is 13.2 Å². The number of carbonyl (C=O) groups is 1. The van der Waals surface area contributed by atoms with Crippen LogP contribution in [0.5, 0.6) is 0 Å². The maximum absolute atomic E-state index is 13.1. The highest BCUT2D eigenvalue weighted by molar-refractivity contribution is 5.89. The number of aliphatic hydroxyl groups is 2. The summed E-state index contributed by atoms with van der Waals surface area (Å²) in [6.07, 6.45) is 5.79. The van der Waals surface area contributed by atoms with Crippen LogP contribution < -0.4 is 0 Å². The number of aliphatic hydroxyl groups excluding tert-OH is 1. The second-order valence-electron chi connectivity index (χ2n) is 5.93. The average Bonchev–Trinajstić information content (AvgIpc) is 2.72. The minimum atomic E-state index is -1.59. The van der Waals surface area contributed by atoms with Crippen molar-refractivity contribution in [2.75, 3.05) is 32.9 Å². The predicted octanol–water partition coefficient (Wildman–Crippen LogP) is 1.22. The van der Waals surface area contributed by atoms with Gasteiger partial charge in [0.1, 0.15) is 13.2 Å². The summed E-state index contributed by atoms with van der Waals surface area (Å²) >= 11 is 0. The van der Waals surface area contributed by atoms with Gasteiger partial charge in [0.25, 0.3) is 11.5 Å². The number of piperidine rings is 1. The van der Waals surface area contributed by atoms with Crippen LogP contribution in [0.2, 0.25) is 0 Å². The predicted molar refractivity (Wildman–Crippen MR) is 84.8 cm³/mol. The topological polar surface area (TPSA) is 76.0 Å². The molecule has 0 bridgehead atoms. The standard InChI is InChI=1S/C17H26NO5/c1-3-12-22-14-15(23-13-4-2)17(21,8-11-19)18(16(14)20)9-6-5-7-10-18/h3-4,19,21H,1-2,5-13H2/q+1. The number of ether oxygens (including phenoxy) is 2. The van der Waals surface area contributed by atoms with E-state index >= 15 is 0 Å². The van der Waals surface area contributed by atoms with Crippen molar-refractivity contribution in [1.29, 1.82) is 0 Å². The first-order chi connectivity index (χ1) is 11.1. The molecule has 0 aromatic heterocycles. The van der Waals surface area contributed by atoms with Gasteiger partial charge in [-0.2, -0.15) is 0 Å². The number of rotatable bonds is 8. The van der Waals surface area contributed by atoms with Gasteiger partial charge < -0.3 is 19.7 Å². The Balaban J connectivity index is 2.49. The van der Waals surface area contributed by atoms with Crippen LogP contribution >= 0.6 is 0 Å². The Bertz CT molecular complexity index is 507. The van der Waals surface area contributed by atoms with E-state index in [4.69, 9.17) is 9.47 Å². The van der Waals surface area contributed by atoms with Gasteiger partial charge in [0.05, 0.1) is 26.1 Å². The van der Waals surface area contributed by atoms with E-state index in [1.54, 1.807) is 6.08 Å². The van der Waals surface area contributed by atoms with Gasteiger partial charge in [-0.05, 0) is 19.3 Å². The number of carbonyl (C=O) groups excluding carboxylic acids is 1. The summed E-state index contributed by atoms with van der Waals surface area (Å²) < 4.78 is 11.0. The zero-order valence-electron chi connectivity index (χ0n) is 13.5. The molecular formula is C17H26NO5+. The highest BCUT2D eigenvalue weighted by Gasteiger charge is 2.67. The Morgan fingerprint density at radius 3 is 2.30 bits per heavy atom. The first-order valence-electron chi connectivity index (χ1n) is 8.05. The van der Waals surface area contributed by atoms with Gasteiger partial charge in [-0.25, -0.2) is 9.28 Å². The molecule has 1 spiro atoms. The van der Waals surface area contributed by atoms with Crippen molar-refractivity contribution in [3.8, 4) is 0 Å². The molecule has 2 rings (SSSR count). The van der Waals surface area contributed by atoms with Crippen molar-refractivity contribution in [1.82, 2.24) is 0 Å². The second kappa shape index (κ2) is 7.29. The van der Waals surface area contributed by atoms with E-state index in [9.17, 15) is 15.0 Å². The number of quaternary nitrogens is 1. The Hall–Kier alpha value is -1.63. The number of hydrogen-bond donors (Lipinski definition) is 2. The molecule has 2 aliphatic heterocycles. The molecule has 0 radical (unpaired) electrons. The molecule has 1 fully saturated rings.